The third kappa shape index (κ3) is 4.96. The molecular formula is C17H15FN4O3S. The monoisotopic (exact) mass is 374 g/mol. The lowest BCUT2D eigenvalue weighted by molar-refractivity contribution is -0.128. The van der Waals surface area contributed by atoms with Gasteiger partial charge in [0.1, 0.15) is 5.82 Å². The first-order valence-corrected chi connectivity index (χ1v) is 8.72. The van der Waals surface area contributed by atoms with E-state index in [-0.39, 0.29) is 31.0 Å². The highest BCUT2D eigenvalue weighted by Crippen LogP contribution is 2.18. The Balaban J connectivity index is 1.40. The summed E-state index contributed by atoms with van der Waals surface area (Å²) in [5, 5.41) is 7.67. The van der Waals surface area contributed by atoms with Crippen molar-refractivity contribution in [1.29, 1.82) is 0 Å². The van der Waals surface area contributed by atoms with Crippen LogP contribution in [0.15, 0.2) is 45.6 Å². The number of thiophene rings is 1. The van der Waals surface area contributed by atoms with Gasteiger partial charge in [-0.05, 0) is 29.1 Å². The summed E-state index contributed by atoms with van der Waals surface area (Å²) in [5.41, 5.74) is 6.14. The lowest BCUT2D eigenvalue weighted by Crippen LogP contribution is -2.42. The van der Waals surface area contributed by atoms with Gasteiger partial charge in [0.05, 0.1) is 6.42 Å². The molecule has 0 spiro atoms. The van der Waals surface area contributed by atoms with E-state index in [0.717, 1.165) is 5.56 Å². The second kappa shape index (κ2) is 8.34. The number of rotatable bonds is 6. The zero-order valence-corrected chi connectivity index (χ0v) is 14.4. The Kier molecular flexibility index (Phi) is 5.69. The van der Waals surface area contributed by atoms with Crippen molar-refractivity contribution in [2.24, 2.45) is 0 Å². The van der Waals surface area contributed by atoms with Gasteiger partial charge in [0.2, 0.25) is 23.5 Å². The largest absolute Gasteiger partial charge is 0.339 e. The molecule has 2 N–H and O–H groups in total. The highest BCUT2D eigenvalue weighted by Gasteiger charge is 2.11. The van der Waals surface area contributed by atoms with Crippen molar-refractivity contribution >= 4 is 23.2 Å². The topological polar surface area (TPSA) is 97.1 Å². The third-order valence-corrected chi connectivity index (χ3v) is 4.12. The quantitative estimate of drug-likeness (QED) is 0.645. The molecule has 2 amide bonds. The summed E-state index contributed by atoms with van der Waals surface area (Å²) in [6.45, 7) is 0. The molecule has 0 aliphatic rings. The number of halogens is 1. The lowest BCUT2D eigenvalue weighted by atomic mass is 10.1. The van der Waals surface area contributed by atoms with Crippen LogP contribution in [0.2, 0.25) is 0 Å². The fraction of sp³-hybridized carbons (Fsp3) is 0.176. The van der Waals surface area contributed by atoms with Crippen molar-refractivity contribution in [2.45, 2.75) is 19.3 Å². The molecule has 26 heavy (non-hydrogen) atoms. The molecule has 0 fully saturated rings. The zero-order chi connectivity index (χ0) is 18.4. The van der Waals surface area contributed by atoms with E-state index in [1.165, 1.54) is 35.6 Å². The fourth-order valence-electron chi connectivity index (χ4n) is 2.12. The maximum atomic E-state index is 12.8. The maximum Gasteiger partial charge on any atom is 0.242 e. The first-order chi connectivity index (χ1) is 12.6. The lowest BCUT2D eigenvalue weighted by Gasteiger charge is -2.06. The first-order valence-electron chi connectivity index (χ1n) is 7.77. The second-order valence-electron chi connectivity index (χ2n) is 5.42. The van der Waals surface area contributed by atoms with Crippen LogP contribution >= 0.6 is 11.3 Å². The van der Waals surface area contributed by atoms with Crippen molar-refractivity contribution in [1.82, 2.24) is 21.0 Å². The molecule has 0 bridgehead atoms. The van der Waals surface area contributed by atoms with E-state index >= 15 is 0 Å². The molecule has 0 saturated heterocycles. The Bertz CT molecular complexity index is 878. The summed E-state index contributed by atoms with van der Waals surface area (Å²) in [4.78, 5) is 27.8. The normalized spacial score (nSPS) is 10.5. The van der Waals surface area contributed by atoms with Crippen molar-refractivity contribution < 1.29 is 18.5 Å². The van der Waals surface area contributed by atoms with E-state index in [1.54, 1.807) is 0 Å². The number of carbonyl (C=O) groups is 2. The second-order valence-corrected chi connectivity index (χ2v) is 6.20. The molecule has 0 unspecified atom stereocenters. The molecule has 3 aromatic rings. The predicted molar refractivity (Wildman–Crippen MR) is 92.3 cm³/mol. The number of aryl methyl sites for hydroxylation is 1. The molecule has 134 valence electrons. The van der Waals surface area contributed by atoms with Crippen molar-refractivity contribution in [3.8, 4) is 11.4 Å². The van der Waals surface area contributed by atoms with Crippen LogP contribution in [-0.4, -0.2) is 22.0 Å². The van der Waals surface area contributed by atoms with Gasteiger partial charge >= 0.3 is 0 Å². The van der Waals surface area contributed by atoms with Crippen LogP contribution in [0.4, 0.5) is 4.39 Å². The molecule has 7 nitrogen and oxygen atoms in total. The van der Waals surface area contributed by atoms with Gasteiger partial charge in [-0.1, -0.05) is 17.3 Å². The molecule has 2 heterocycles. The standard InChI is InChI=1S/C17H15FN4O3S/c18-13-3-1-11(2-4-13)9-15(24)21-20-14(23)5-6-16-19-17(22-25-16)12-7-8-26-10-12/h1-4,7-8,10H,5-6,9H2,(H,20,23)(H,21,24). The number of nitrogens with zero attached hydrogens (tertiary/aromatic N) is 2. The van der Waals surface area contributed by atoms with E-state index in [1.807, 2.05) is 16.8 Å². The molecule has 3 rings (SSSR count). The van der Waals surface area contributed by atoms with Crippen LogP contribution in [0, 0.1) is 5.82 Å². The Morgan fingerprint density at radius 3 is 2.62 bits per heavy atom. The summed E-state index contributed by atoms with van der Waals surface area (Å²) >= 11 is 1.53. The van der Waals surface area contributed by atoms with Crippen LogP contribution in [0.25, 0.3) is 11.4 Å². The van der Waals surface area contributed by atoms with E-state index < -0.39 is 5.91 Å². The molecule has 0 aliphatic carbocycles. The van der Waals surface area contributed by atoms with Crippen LogP contribution in [0.3, 0.4) is 0 Å². The van der Waals surface area contributed by atoms with Gasteiger partial charge in [0, 0.05) is 23.8 Å². The van der Waals surface area contributed by atoms with Gasteiger partial charge in [-0.15, -0.1) is 0 Å². The highest BCUT2D eigenvalue weighted by molar-refractivity contribution is 7.08. The van der Waals surface area contributed by atoms with Crippen LogP contribution in [0.1, 0.15) is 17.9 Å². The van der Waals surface area contributed by atoms with Gasteiger partial charge in [0.25, 0.3) is 0 Å². The smallest absolute Gasteiger partial charge is 0.242 e. The fourth-order valence-corrected chi connectivity index (χ4v) is 2.75. The van der Waals surface area contributed by atoms with Gasteiger partial charge < -0.3 is 4.52 Å². The molecule has 0 atom stereocenters. The Labute approximate surface area is 152 Å². The zero-order valence-electron chi connectivity index (χ0n) is 13.6. The number of hydrazine groups is 1. The minimum atomic E-state index is -0.400. The first kappa shape index (κ1) is 17.7. The SMILES string of the molecule is O=C(CCc1nc(-c2ccsc2)no1)NNC(=O)Cc1ccc(F)cc1. The number of benzene rings is 1. The van der Waals surface area contributed by atoms with E-state index in [2.05, 4.69) is 21.0 Å². The molecule has 0 saturated carbocycles. The van der Waals surface area contributed by atoms with Crippen LogP contribution < -0.4 is 10.9 Å². The Hall–Kier alpha value is -3.07. The number of hydrogen-bond donors (Lipinski definition) is 2. The van der Waals surface area contributed by atoms with Crippen molar-refractivity contribution in [3.63, 3.8) is 0 Å². The summed E-state index contributed by atoms with van der Waals surface area (Å²) in [5.74, 6) is -0.325. The van der Waals surface area contributed by atoms with Crippen molar-refractivity contribution in [2.75, 3.05) is 0 Å². The van der Waals surface area contributed by atoms with E-state index in [4.69, 9.17) is 4.52 Å². The van der Waals surface area contributed by atoms with E-state index in [9.17, 15) is 14.0 Å². The van der Waals surface area contributed by atoms with Gasteiger partial charge in [-0.3, -0.25) is 20.4 Å². The van der Waals surface area contributed by atoms with Gasteiger partial charge in [0.15, 0.2) is 0 Å². The molecule has 9 heteroatoms. The summed E-state index contributed by atoms with van der Waals surface area (Å²) in [7, 11) is 0. The maximum absolute atomic E-state index is 12.8. The number of aromatic nitrogens is 2. The average Bonchev–Trinajstić information content (AvgIpc) is 3.31. The van der Waals surface area contributed by atoms with Gasteiger partial charge in [-0.25, -0.2) is 4.39 Å². The minimum absolute atomic E-state index is 0.0359. The molecule has 0 radical (unpaired) electrons. The van der Waals surface area contributed by atoms with Crippen LogP contribution in [-0.2, 0) is 22.4 Å². The molecule has 0 aliphatic heterocycles. The summed E-state index contributed by atoms with van der Waals surface area (Å²) in [6.07, 6.45) is 0.382. The summed E-state index contributed by atoms with van der Waals surface area (Å²) < 4.78 is 17.9. The predicted octanol–water partition coefficient (Wildman–Crippen LogP) is 2.26. The third-order valence-electron chi connectivity index (χ3n) is 3.43. The van der Waals surface area contributed by atoms with E-state index in [0.29, 0.717) is 17.3 Å². The van der Waals surface area contributed by atoms with Gasteiger partial charge in [-0.2, -0.15) is 16.3 Å². The highest BCUT2D eigenvalue weighted by atomic mass is 32.1. The molecular weight excluding hydrogens is 359 g/mol. The summed E-state index contributed by atoms with van der Waals surface area (Å²) in [6, 6.07) is 7.45. The van der Waals surface area contributed by atoms with Crippen molar-refractivity contribution in [3.05, 3.63) is 58.4 Å². The number of amides is 2. The molecule has 2 aromatic heterocycles. The molecule has 1 aromatic carbocycles. The Morgan fingerprint density at radius 1 is 1.12 bits per heavy atom. The van der Waals surface area contributed by atoms with Crippen LogP contribution in [0.5, 0.6) is 0 Å². The minimum Gasteiger partial charge on any atom is -0.339 e. The number of carbonyl (C=O) groups excluding carboxylic acids is 2. The average molecular weight is 374 g/mol. The number of hydrogen-bond acceptors (Lipinski definition) is 6. The number of nitrogens with one attached hydrogen (secondary N) is 2. The Morgan fingerprint density at radius 2 is 1.88 bits per heavy atom.